The van der Waals surface area contributed by atoms with Gasteiger partial charge in [0.05, 0.1) is 37.9 Å². The Hall–Kier alpha value is -2.29. The number of nitrogens with zero attached hydrogens (tertiary/aromatic N) is 2. The van der Waals surface area contributed by atoms with Crippen LogP contribution in [0.25, 0.3) is 0 Å². The number of ether oxygens (including phenoxy) is 2. The Bertz CT molecular complexity index is 960. The fourth-order valence-electron chi connectivity index (χ4n) is 5.87. The van der Waals surface area contributed by atoms with E-state index in [9.17, 15) is 9.90 Å². The van der Waals surface area contributed by atoms with Crippen LogP contribution in [0.2, 0.25) is 0 Å². The predicted octanol–water partition coefficient (Wildman–Crippen LogP) is 2.58. The first-order valence-electron chi connectivity index (χ1n) is 13.4. The minimum Gasteiger partial charge on any atom is -0.389 e. The SMILES string of the molecule is O=C(C[C@H]1CC[C@H]2[C@@H](COC[C@@H](O)CN2Cc2ccccc2)O1)N[C@H]1CCN(Cc2ccccc2)C1. The van der Waals surface area contributed by atoms with Crippen molar-refractivity contribution in [2.45, 2.75) is 69.2 Å². The first-order chi connectivity index (χ1) is 17.6. The molecule has 7 nitrogen and oxygen atoms in total. The van der Waals surface area contributed by atoms with Crippen LogP contribution in [0, 0.1) is 0 Å². The molecular weight excluding hydrogens is 454 g/mol. The van der Waals surface area contributed by atoms with E-state index in [1.807, 2.05) is 24.3 Å². The average molecular weight is 494 g/mol. The van der Waals surface area contributed by atoms with Crippen molar-refractivity contribution in [2.75, 3.05) is 32.8 Å². The molecule has 0 spiro atoms. The lowest BCUT2D eigenvalue weighted by molar-refractivity contribution is -0.158. The van der Waals surface area contributed by atoms with Crippen LogP contribution in [0.3, 0.4) is 0 Å². The summed E-state index contributed by atoms with van der Waals surface area (Å²) in [5.74, 6) is 0.0772. The fraction of sp³-hybridized carbons (Fsp3) is 0.552. The fourth-order valence-corrected chi connectivity index (χ4v) is 5.87. The van der Waals surface area contributed by atoms with Gasteiger partial charge in [-0.25, -0.2) is 0 Å². The van der Waals surface area contributed by atoms with Crippen LogP contribution in [0.1, 0.15) is 36.8 Å². The van der Waals surface area contributed by atoms with Gasteiger partial charge in [-0.05, 0) is 30.4 Å². The Morgan fingerprint density at radius 3 is 2.39 bits per heavy atom. The molecule has 0 unspecified atom stereocenters. The van der Waals surface area contributed by atoms with Crippen LogP contribution in [0.4, 0.5) is 0 Å². The van der Waals surface area contributed by atoms with Gasteiger partial charge >= 0.3 is 0 Å². The quantitative estimate of drug-likeness (QED) is 0.618. The number of carbonyl (C=O) groups excluding carboxylic acids is 1. The van der Waals surface area contributed by atoms with Crippen molar-refractivity contribution in [2.24, 2.45) is 0 Å². The summed E-state index contributed by atoms with van der Waals surface area (Å²) < 4.78 is 12.2. The summed E-state index contributed by atoms with van der Waals surface area (Å²) in [5, 5.41) is 13.6. The number of likely N-dealkylation sites (tertiary alicyclic amines) is 1. The number of rotatable bonds is 7. The van der Waals surface area contributed by atoms with Crippen LogP contribution in [0.5, 0.6) is 0 Å². The minimum absolute atomic E-state index is 0.0772. The van der Waals surface area contributed by atoms with Gasteiger partial charge in [-0.2, -0.15) is 0 Å². The summed E-state index contributed by atoms with van der Waals surface area (Å²) in [6.07, 6.45) is 2.44. The van der Waals surface area contributed by atoms with Crippen molar-refractivity contribution in [3.63, 3.8) is 0 Å². The van der Waals surface area contributed by atoms with Crippen molar-refractivity contribution in [3.8, 4) is 0 Å². The molecule has 5 rings (SSSR count). The van der Waals surface area contributed by atoms with E-state index in [2.05, 4.69) is 51.5 Å². The van der Waals surface area contributed by atoms with E-state index in [0.29, 0.717) is 26.2 Å². The Labute approximate surface area is 214 Å². The van der Waals surface area contributed by atoms with Crippen molar-refractivity contribution in [1.82, 2.24) is 15.1 Å². The highest BCUT2D eigenvalue weighted by molar-refractivity contribution is 5.76. The van der Waals surface area contributed by atoms with Crippen molar-refractivity contribution < 1.29 is 19.4 Å². The van der Waals surface area contributed by atoms with E-state index < -0.39 is 6.10 Å². The molecule has 2 aromatic carbocycles. The van der Waals surface area contributed by atoms with Gasteiger partial charge in [-0.3, -0.25) is 14.6 Å². The normalized spacial score (nSPS) is 29.8. The lowest BCUT2D eigenvalue weighted by Crippen LogP contribution is -2.55. The van der Waals surface area contributed by atoms with E-state index in [4.69, 9.17) is 9.47 Å². The number of aliphatic hydroxyl groups excluding tert-OH is 1. The van der Waals surface area contributed by atoms with E-state index in [1.54, 1.807) is 0 Å². The molecule has 3 aliphatic rings. The maximum absolute atomic E-state index is 12.9. The van der Waals surface area contributed by atoms with Gasteiger partial charge in [0, 0.05) is 44.8 Å². The van der Waals surface area contributed by atoms with Gasteiger partial charge < -0.3 is 19.9 Å². The molecule has 0 saturated carbocycles. The lowest BCUT2D eigenvalue weighted by atomic mass is 9.94. The van der Waals surface area contributed by atoms with E-state index in [0.717, 1.165) is 45.4 Å². The molecule has 0 aliphatic carbocycles. The second-order valence-corrected chi connectivity index (χ2v) is 10.5. The van der Waals surface area contributed by atoms with Crippen LogP contribution >= 0.6 is 0 Å². The van der Waals surface area contributed by atoms with Crippen LogP contribution in [-0.2, 0) is 27.4 Å². The summed E-state index contributed by atoms with van der Waals surface area (Å²) >= 11 is 0. The standard InChI is InChI=1S/C29H39N3O4/c33-25-19-32(17-23-9-5-2-6-10-23)27-12-11-26(36-28(27)21-35-20-25)15-29(34)30-24-13-14-31(18-24)16-22-7-3-1-4-8-22/h1-10,24-28,33H,11-21H2,(H,30,34)/t24-,25-,26+,27-,28+/m0/s1. The summed E-state index contributed by atoms with van der Waals surface area (Å²) in [6.45, 7) is 4.91. The maximum Gasteiger partial charge on any atom is 0.222 e. The number of hydrogen-bond donors (Lipinski definition) is 2. The zero-order valence-electron chi connectivity index (χ0n) is 21.0. The smallest absolute Gasteiger partial charge is 0.222 e. The number of hydrogen-bond acceptors (Lipinski definition) is 6. The van der Waals surface area contributed by atoms with Crippen LogP contribution in [-0.4, -0.2) is 84.1 Å². The molecule has 2 N–H and O–H groups in total. The molecular formula is C29H39N3O4. The van der Waals surface area contributed by atoms with Crippen molar-refractivity contribution in [1.29, 1.82) is 0 Å². The third-order valence-corrected chi connectivity index (χ3v) is 7.62. The predicted molar refractivity (Wildman–Crippen MR) is 138 cm³/mol. The largest absolute Gasteiger partial charge is 0.389 e. The molecule has 36 heavy (non-hydrogen) atoms. The molecule has 3 fully saturated rings. The van der Waals surface area contributed by atoms with E-state index >= 15 is 0 Å². The maximum atomic E-state index is 12.9. The van der Waals surface area contributed by atoms with E-state index in [-0.39, 0.29) is 30.2 Å². The van der Waals surface area contributed by atoms with E-state index in [1.165, 1.54) is 11.1 Å². The Balaban J connectivity index is 1.11. The first-order valence-corrected chi connectivity index (χ1v) is 13.4. The van der Waals surface area contributed by atoms with Gasteiger partial charge in [0.1, 0.15) is 0 Å². The number of amides is 1. The first kappa shape index (κ1) is 25.4. The zero-order chi connectivity index (χ0) is 24.7. The molecule has 3 saturated heterocycles. The highest BCUT2D eigenvalue weighted by atomic mass is 16.5. The summed E-state index contributed by atoms with van der Waals surface area (Å²) in [4.78, 5) is 17.6. The summed E-state index contributed by atoms with van der Waals surface area (Å²) in [7, 11) is 0. The molecule has 194 valence electrons. The van der Waals surface area contributed by atoms with Gasteiger partial charge in [-0.1, -0.05) is 60.7 Å². The van der Waals surface area contributed by atoms with Gasteiger partial charge in [-0.15, -0.1) is 0 Å². The number of β-amino-alcohol motifs (C(OH)–C–C–N with tert-alkyl or cyclic N) is 1. The number of fused-ring (bicyclic) bond motifs is 1. The minimum atomic E-state index is -0.508. The second kappa shape index (κ2) is 12.3. The molecule has 3 aliphatic heterocycles. The molecule has 2 aromatic rings. The summed E-state index contributed by atoms with van der Waals surface area (Å²) in [5.41, 5.74) is 2.54. The topological polar surface area (TPSA) is 74.3 Å². The lowest BCUT2D eigenvalue weighted by Gasteiger charge is -2.44. The average Bonchev–Trinajstić information content (AvgIpc) is 3.30. The Morgan fingerprint density at radius 1 is 0.917 bits per heavy atom. The molecule has 1 amide bonds. The number of carbonyl (C=O) groups is 1. The monoisotopic (exact) mass is 493 g/mol. The highest BCUT2D eigenvalue weighted by Gasteiger charge is 2.38. The third kappa shape index (κ3) is 6.93. The number of aliphatic hydroxyl groups is 1. The zero-order valence-corrected chi connectivity index (χ0v) is 21.0. The summed E-state index contributed by atoms with van der Waals surface area (Å²) in [6, 6.07) is 21.2. The molecule has 0 radical (unpaired) electrons. The third-order valence-electron chi connectivity index (χ3n) is 7.62. The number of nitrogens with one attached hydrogen (secondary N) is 1. The van der Waals surface area contributed by atoms with Crippen LogP contribution in [0.15, 0.2) is 60.7 Å². The van der Waals surface area contributed by atoms with Gasteiger partial charge in [0.25, 0.3) is 0 Å². The number of benzene rings is 2. The highest BCUT2D eigenvalue weighted by Crippen LogP contribution is 2.29. The van der Waals surface area contributed by atoms with Crippen molar-refractivity contribution >= 4 is 5.91 Å². The molecule has 0 bridgehead atoms. The molecule has 7 heteroatoms. The van der Waals surface area contributed by atoms with Gasteiger partial charge in [0.15, 0.2) is 0 Å². The molecule has 3 heterocycles. The van der Waals surface area contributed by atoms with Gasteiger partial charge in [0.2, 0.25) is 5.91 Å². The second-order valence-electron chi connectivity index (χ2n) is 10.5. The van der Waals surface area contributed by atoms with Crippen molar-refractivity contribution in [3.05, 3.63) is 71.8 Å². The molecule has 5 atom stereocenters. The Kier molecular flexibility index (Phi) is 8.67. The molecule has 0 aromatic heterocycles. The Morgan fingerprint density at radius 2 is 1.64 bits per heavy atom. The van der Waals surface area contributed by atoms with Crippen LogP contribution < -0.4 is 5.32 Å².